The van der Waals surface area contributed by atoms with Crippen molar-refractivity contribution in [3.05, 3.63) is 230 Å². The molecule has 0 unspecified atom stereocenters. The van der Waals surface area contributed by atoms with E-state index >= 15 is 0 Å². The van der Waals surface area contributed by atoms with Crippen LogP contribution in [0.25, 0.3) is 125 Å². The lowest BCUT2D eigenvalue weighted by Crippen LogP contribution is -2.30. The largest absolute Gasteiger partial charge is 0.436 e. The first-order valence-electron chi connectivity index (χ1n) is 49.4. The Morgan fingerprint density at radius 3 is 0.905 bits per heavy atom. The quantitative estimate of drug-likeness (QED) is 0.0375. The first-order chi connectivity index (χ1) is 72.3. The number of halogens is 2. The van der Waals surface area contributed by atoms with Crippen molar-refractivity contribution in [2.45, 2.75) is 148 Å². The average molecular weight is 2040 g/mol. The number of carbonyl (C=O) groups excluding carboxylic acids is 5. The summed E-state index contributed by atoms with van der Waals surface area (Å²) in [5, 5.41) is 76.0. The Kier molecular flexibility index (Phi) is 26.0. The number of aromatic nitrogens is 19. The first kappa shape index (κ1) is 96.0. The Balaban J connectivity index is 0.000000102. The predicted molar refractivity (Wildman–Crippen MR) is 524 cm³/mol. The summed E-state index contributed by atoms with van der Waals surface area (Å²) in [6.07, 6.45) is 13.0. The molecule has 40 nitrogen and oxygen atoms in total. The standard InChI is InChI=1S/2C22H18FN5O3.2C20H21N5O3S.C20H20N4O4/c2*23-20-18(24-16-6-1-2-7-27(16)20)22-25-21(26-31-22)14-5-3-4-13-15(14)10-12-11-17(30)28(8-9-29)19(12)13;2*1-2-4-15-18(29-24-22-15)20-21-19(23-28-20)13-6-3-5-12-14(13)9-11-10-16(27)25(7-8-26)17(11)12;1-10-18(27-11(2)21-10)20-22-19(23-28-20)14-5-3-4-13-15(14)8-12-9-16(26)24(6-7-25)17(12)13/h2*1-7,12,19,29H,8-11H2;2*3,5-6,11,17,26H,2,4,7-10H2,1H3;3-5,12,17,25H,6-9H2,1-2H3/t2*12-,19+;2*11-,17+;12-,17+/m10100/s1. The Morgan fingerprint density at radius 1 is 0.345 bits per heavy atom. The van der Waals surface area contributed by atoms with Crippen LogP contribution in [0.15, 0.2) is 167 Å². The molecule has 0 radical (unpaired) electrons. The fraction of sp³-hybridized carbons (Fsp3) is 0.365. The Bertz CT molecular complexity index is 7600. The van der Waals surface area contributed by atoms with Crippen molar-refractivity contribution in [2.75, 3.05) is 65.8 Å². The molecule has 12 aromatic heterocycles. The summed E-state index contributed by atoms with van der Waals surface area (Å²) in [5.41, 5.74) is 18.9. The maximum Gasteiger partial charge on any atom is 0.295 e. The van der Waals surface area contributed by atoms with Crippen LogP contribution in [0.4, 0.5) is 8.78 Å². The third-order valence-corrected chi connectivity index (χ3v) is 31.2. The van der Waals surface area contributed by atoms with Gasteiger partial charge < -0.3 is 77.1 Å². The second kappa shape index (κ2) is 40.1. The number of oxazole rings is 1. The molecule has 5 fully saturated rings. The van der Waals surface area contributed by atoms with Crippen LogP contribution in [0, 0.1) is 55.3 Å². The van der Waals surface area contributed by atoms with Crippen LogP contribution in [0.3, 0.4) is 0 Å². The number of aryl methyl sites for hydroxylation is 4. The minimum Gasteiger partial charge on any atom is -0.436 e. The highest BCUT2D eigenvalue weighted by molar-refractivity contribution is 7.09. The van der Waals surface area contributed by atoms with Gasteiger partial charge in [0.15, 0.2) is 17.3 Å². The minimum atomic E-state index is -0.559. The number of aliphatic hydroxyl groups is 5. The monoisotopic (exact) mass is 2040 g/mol. The van der Waals surface area contributed by atoms with Crippen molar-refractivity contribution >= 4 is 63.9 Å². The second-order valence-electron chi connectivity index (χ2n) is 38.2. The molecule has 10 aliphatic rings. The third-order valence-electron chi connectivity index (χ3n) is 29.6. The summed E-state index contributed by atoms with van der Waals surface area (Å²) >= 11 is 2.54. The van der Waals surface area contributed by atoms with Gasteiger partial charge in [-0.2, -0.15) is 33.7 Å². The van der Waals surface area contributed by atoms with Gasteiger partial charge in [-0.3, -0.25) is 32.8 Å². The predicted octanol–water partition coefficient (Wildman–Crippen LogP) is 13.0. The van der Waals surface area contributed by atoms with Gasteiger partial charge in [-0.25, -0.2) is 15.0 Å². The van der Waals surface area contributed by atoms with Crippen LogP contribution >= 0.6 is 23.1 Å². The molecule has 5 aromatic carbocycles. The van der Waals surface area contributed by atoms with Gasteiger partial charge in [0.2, 0.25) is 76.3 Å². The summed E-state index contributed by atoms with van der Waals surface area (Å²) in [4.78, 5) is 108. The number of carbonyl (C=O) groups is 5. The Hall–Kier alpha value is -15.5. The Labute approximate surface area is 849 Å². The molecular formula is C104H98F2N24O16S2. The molecule has 148 heavy (non-hydrogen) atoms. The fourth-order valence-electron chi connectivity index (χ4n) is 23.7. The normalized spacial score (nSPS) is 20.2. The minimum absolute atomic E-state index is 0.00844. The molecule has 5 N–H and O–H groups in total. The molecule has 0 bridgehead atoms. The summed E-state index contributed by atoms with van der Waals surface area (Å²) in [5.74, 6) is 5.00. The number of fused-ring (bicyclic) bond motifs is 17. The van der Waals surface area contributed by atoms with Crippen LogP contribution in [-0.2, 0) is 68.9 Å². The van der Waals surface area contributed by atoms with Crippen molar-refractivity contribution in [1.29, 1.82) is 0 Å². The van der Waals surface area contributed by atoms with Gasteiger partial charge in [0, 0.05) is 112 Å². The molecule has 5 saturated heterocycles. The number of β-amino-alcohol motifs (C(OH)–C–C–N with tert-alkyl or cyclic N) is 5. The van der Waals surface area contributed by atoms with Gasteiger partial charge in [-0.05, 0) is 184 Å². The van der Waals surface area contributed by atoms with Gasteiger partial charge in [0.05, 0.1) is 80.3 Å². The molecule has 17 aromatic rings. The summed E-state index contributed by atoms with van der Waals surface area (Å²) < 4.78 is 73.1. The highest BCUT2D eigenvalue weighted by Crippen LogP contribution is 2.56. The van der Waals surface area contributed by atoms with E-state index in [9.17, 15) is 58.3 Å². The van der Waals surface area contributed by atoms with E-state index < -0.39 is 11.9 Å². The van der Waals surface area contributed by atoms with E-state index in [0.29, 0.717) is 140 Å². The van der Waals surface area contributed by atoms with E-state index in [-0.39, 0.29) is 146 Å². The maximum atomic E-state index is 14.8. The molecule has 5 aliphatic carbocycles. The van der Waals surface area contributed by atoms with E-state index in [1.54, 1.807) is 70.4 Å². The maximum absolute atomic E-state index is 14.8. The molecule has 10 atom stereocenters. The molecular weight excluding hydrogens is 1940 g/mol. The van der Waals surface area contributed by atoms with Crippen LogP contribution in [0.5, 0.6) is 0 Å². The molecule has 27 rings (SSSR count). The summed E-state index contributed by atoms with van der Waals surface area (Å²) in [6, 6.07) is 40.1. The fourth-order valence-corrected chi connectivity index (χ4v) is 25.0. The zero-order valence-electron chi connectivity index (χ0n) is 80.6. The zero-order valence-corrected chi connectivity index (χ0v) is 82.2. The second-order valence-corrected chi connectivity index (χ2v) is 39.7. The Morgan fingerprint density at radius 2 is 0.628 bits per heavy atom. The van der Waals surface area contributed by atoms with Crippen molar-refractivity contribution in [2.24, 2.45) is 29.6 Å². The molecule has 0 saturated carbocycles. The lowest BCUT2D eigenvalue weighted by atomic mass is 10.0. The molecule has 5 aliphatic heterocycles. The molecule has 5 amide bonds. The van der Waals surface area contributed by atoms with Gasteiger partial charge in [0.25, 0.3) is 29.5 Å². The van der Waals surface area contributed by atoms with Crippen molar-refractivity contribution in [1.82, 2.24) is 118 Å². The average Bonchev–Trinajstić information content (AvgIpc) is 1.60. The molecule has 17 heterocycles. The highest BCUT2D eigenvalue weighted by atomic mass is 32.1. The molecule has 0 spiro atoms. The van der Waals surface area contributed by atoms with Crippen LogP contribution in [0.1, 0.15) is 168 Å². The van der Waals surface area contributed by atoms with Crippen molar-refractivity contribution in [3.8, 4) is 113 Å². The van der Waals surface area contributed by atoms with Crippen LogP contribution < -0.4 is 0 Å². The van der Waals surface area contributed by atoms with Gasteiger partial charge in [0.1, 0.15) is 21.0 Å². The van der Waals surface area contributed by atoms with E-state index in [0.717, 1.165) is 151 Å². The van der Waals surface area contributed by atoms with E-state index in [1.165, 1.54) is 43.0 Å². The van der Waals surface area contributed by atoms with Crippen LogP contribution in [-0.4, -0.2) is 239 Å². The number of amides is 5. The van der Waals surface area contributed by atoms with Crippen molar-refractivity contribution < 1.29 is 85.3 Å². The highest BCUT2D eigenvalue weighted by Gasteiger charge is 2.52. The number of rotatable bonds is 24. The smallest absolute Gasteiger partial charge is 0.295 e. The van der Waals surface area contributed by atoms with Crippen LogP contribution in [0.2, 0.25) is 0 Å². The zero-order chi connectivity index (χ0) is 102. The third kappa shape index (κ3) is 17.0. The topological polar surface area (TPSA) is 509 Å². The summed E-state index contributed by atoms with van der Waals surface area (Å²) in [7, 11) is 0. The van der Waals surface area contributed by atoms with Gasteiger partial charge in [-0.15, -0.1) is 10.2 Å². The molecule has 756 valence electrons. The number of imidazole rings is 2. The number of hydrogen-bond acceptors (Lipinski definition) is 35. The first-order valence-corrected chi connectivity index (χ1v) is 51.0. The molecule has 44 heteroatoms. The lowest BCUT2D eigenvalue weighted by molar-refractivity contribution is -0.130. The number of aliphatic hydroxyl groups excluding tert-OH is 5. The number of benzene rings is 5. The van der Waals surface area contributed by atoms with Crippen molar-refractivity contribution in [3.63, 3.8) is 0 Å². The number of pyridine rings is 2. The van der Waals surface area contributed by atoms with Gasteiger partial charge in [-0.1, -0.05) is 165 Å². The van der Waals surface area contributed by atoms with E-state index in [1.807, 2.05) is 89.5 Å². The number of nitrogens with zero attached hydrogens (tertiary/aromatic N) is 24. The number of hydrogen-bond donors (Lipinski definition) is 5. The lowest BCUT2D eigenvalue weighted by Gasteiger charge is -2.24. The van der Waals surface area contributed by atoms with E-state index in [2.05, 4.69) is 117 Å². The number of likely N-dealkylation sites (tertiary alicyclic amines) is 5. The summed E-state index contributed by atoms with van der Waals surface area (Å²) in [6.45, 7) is 9.33. The van der Waals surface area contributed by atoms with Gasteiger partial charge >= 0.3 is 0 Å². The van der Waals surface area contributed by atoms with E-state index in [4.69, 9.17) is 27.0 Å². The SMILES string of the molecule is CCCc1nnsc1-c1nc(-c2cccc3c2C[C@@H]2CC(=O)N(CCO)[C@H]32)no1.CCCc1nnsc1-c1nc(-c2cccc3c2C[C@H]2CC(=O)N(CCO)[C@@H]32)no1.Cc1nc(C)c(-c2nc(-c3cccc4c3C[C@H]3CC(=O)N(CCO)[C@@H]43)no2)o1.O=C1C[C@@H]2Cc3c(-c4noc(-c5nc6ccccn6c5F)n4)cccc3[C@@H]2N1CCO.O=C1C[C@H]2Cc3c(-c4noc(-c5nc6ccccn6c5F)n4)cccc3[C@H]2N1CCO.